The van der Waals surface area contributed by atoms with E-state index in [-0.39, 0.29) is 12.4 Å². The third-order valence-corrected chi connectivity index (χ3v) is 3.64. The molecule has 0 aromatic heterocycles. The second-order valence-electron chi connectivity index (χ2n) is 5.04. The molecule has 0 bridgehead atoms. The van der Waals surface area contributed by atoms with Crippen LogP contribution >= 0.6 is 11.6 Å². The van der Waals surface area contributed by atoms with Gasteiger partial charge in [0.25, 0.3) is 0 Å². The van der Waals surface area contributed by atoms with Gasteiger partial charge in [-0.1, -0.05) is 11.6 Å². The van der Waals surface area contributed by atoms with Crippen LogP contribution < -0.4 is 0 Å². The average Bonchev–Trinajstić information content (AvgIpc) is 2.45. The number of alkyl halides is 1. The molecule has 1 fully saturated rings. The highest BCUT2D eigenvalue weighted by Crippen LogP contribution is 2.18. The van der Waals surface area contributed by atoms with Crippen molar-refractivity contribution in [2.45, 2.75) is 64.3 Å². The third-order valence-electron chi connectivity index (χ3n) is 3.29. The highest BCUT2D eigenvalue weighted by atomic mass is 35.5. The molecule has 0 N–H and O–H groups in total. The number of carbonyl (C=O) groups excluding carboxylic acids is 1. The number of rotatable bonds is 9. The van der Waals surface area contributed by atoms with Crippen LogP contribution in [0, 0.1) is 0 Å². The molecule has 0 aromatic carbocycles. The quantitative estimate of drug-likeness (QED) is 0.367. The van der Waals surface area contributed by atoms with Crippen molar-refractivity contribution < 1.29 is 14.3 Å². The van der Waals surface area contributed by atoms with Crippen LogP contribution in [-0.2, 0) is 14.3 Å². The van der Waals surface area contributed by atoms with Crippen molar-refractivity contribution in [1.82, 2.24) is 0 Å². The lowest BCUT2D eigenvalue weighted by Gasteiger charge is -2.26. The van der Waals surface area contributed by atoms with Crippen molar-refractivity contribution in [2.75, 3.05) is 12.5 Å². The Kier molecular flexibility index (Phi) is 9.14. The molecule has 1 heterocycles. The summed E-state index contributed by atoms with van der Waals surface area (Å²) in [6.07, 6.45) is 9.69. The first-order valence-electron chi connectivity index (χ1n) is 7.18. The molecular formula is C15H25ClO3. The Labute approximate surface area is 121 Å². The van der Waals surface area contributed by atoms with E-state index in [0.717, 1.165) is 45.0 Å². The van der Waals surface area contributed by atoms with E-state index in [9.17, 15) is 4.79 Å². The predicted molar refractivity (Wildman–Crippen MR) is 77.5 cm³/mol. The van der Waals surface area contributed by atoms with Gasteiger partial charge in [-0.25, -0.2) is 0 Å². The number of halogens is 1. The lowest BCUT2D eigenvalue weighted by molar-refractivity contribution is -0.184. The maximum atomic E-state index is 10.3. The number of allylic oxidation sites excluding steroid dienone is 2. The summed E-state index contributed by atoms with van der Waals surface area (Å²) in [5.74, 6) is 0.501. The summed E-state index contributed by atoms with van der Waals surface area (Å²) in [6, 6.07) is 0. The Bertz CT molecular complexity index is 273. The summed E-state index contributed by atoms with van der Waals surface area (Å²) in [4.78, 5) is 10.3. The summed E-state index contributed by atoms with van der Waals surface area (Å²) >= 11 is 5.94. The van der Waals surface area contributed by atoms with E-state index in [0.29, 0.717) is 12.3 Å². The van der Waals surface area contributed by atoms with E-state index in [2.05, 4.69) is 13.0 Å². The van der Waals surface area contributed by atoms with Crippen LogP contribution in [0.15, 0.2) is 11.6 Å². The summed E-state index contributed by atoms with van der Waals surface area (Å²) < 4.78 is 11.4. The van der Waals surface area contributed by atoms with Gasteiger partial charge >= 0.3 is 0 Å². The van der Waals surface area contributed by atoms with Gasteiger partial charge in [0, 0.05) is 18.9 Å². The maximum absolute atomic E-state index is 10.3. The van der Waals surface area contributed by atoms with Gasteiger partial charge in [0.15, 0.2) is 6.29 Å². The number of ether oxygens (including phenoxy) is 2. The molecule has 19 heavy (non-hydrogen) atoms. The van der Waals surface area contributed by atoms with Crippen LogP contribution in [0.25, 0.3) is 0 Å². The van der Waals surface area contributed by atoms with Gasteiger partial charge in [-0.3, -0.25) is 0 Å². The zero-order chi connectivity index (χ0) is 13.9. The van der Waals surface area contributed by atoms with E-state index in [4.69, 9.17) is 21.1 Å². The van der Waals surface area contributed by atoms with Crippen LogP contribution in [0.2, 0.25) is 0 Å². The van der Waals surface area contributed by atoms with E-state index >= 15 is 0 Å². The van der Waals surface area contributed by atoms with Crippen molar-refractivity contribution in [3.63, 3.8) is 0 Å². The Morgan fingerprint density at radius 3 is 2.95 bits per heavy atom. The minimum Gasteiger partial charge on any atom is -0.353 e. The standard InChI is InChI=1S/C15H25ClO3/c1-13(7-5-10-17)6-4-8-14(12-16)19-15-9-2-3-11-18-15/h6,10,14-15H,2-5,7-9,11-12H2,1H3/b13-6+. The zero-order valence-corrected chi connectivity index (χ0v) is 12.5. The smallest absolute Gasteiger partial charge is 0.158 e. The molecule has 2 unspecified atom stereocenters. The minimum atomic E-state index is -0.0716. The molecule has 2 atom stereocenters. The molecule has 0 aliphatic carbocycles. The normalized spacial score (nSPS) is 22.2. The van der Waals surface area contributed by atoms with Gasteiger partial charge in [-0.05, 0) is 45.4 Å². The molecule has 1 saturated heterocycles. The van der Waals surface area contributed by atoms with Gasteiger partial charge in [-0.2, -0.15) is 0 Å². The Hall–Kier alpha value is -0.380. The first kappa shape index (κ1) is 16.7. The summed E-state index contributed by atoms with van der Waals surface area (Å²) in [5.41, 5.74) is 1.26. The lowest BCUT2D eigenvalue weighted by atomic mass is 10.1. The first-order valence-corrected chi connectivity index (χ1v) is 7.72. The second-order valence-corrected chi connectivity index (χ2v) is 5.35. The molecule has 1 aliphatic heterocycles. The summed E-state index contributed by atoms with van der Waals surface area (Å²) in [7, 11) is 0. The fourth-order valence-electron chi connectivity index (χ4n) is 2.12. The van der Waals surface area contributed by atoms with Crippen LogP contribution in [0.4, 0.5) is 0 Å². The average molecular weight is 289 g/mol. The largest absolute Gasteiger partial charge is 0.353 e. The molecule has 0 radical (unpaired) electrons. The van der Waals surface area contributed by atoms with Crippen LogP contribution in [0.5, 0.6) is 0 Å². The van der Waals surface area contributed by atoms with Crippen molar-refractivity contribution in [2.24, 2.45) is 0 Å². The predicted octanol–water partition coefficient (Wildman–Crippen LogP) is 3.84. The molecule has 0 aromatic rings. The summed E-state index contributed by atoms with van der Waals surface area (Å²) in [6.45, 7) is 2.86. The fraction of sp³-hybridized carbons (Fsp3) is 0.800. The second kappa shape index (κ2) is 10.4. The first-order chi connectivity index (χ1) is 9.26. The van der Waals surface area contributed by atoms with E-state index in [1.807, 2.05) is 0 Å². The molecule has 3 nitrogen and oxygen atoms in total. The van der Waals surface area contributed by atoms with E-state index in [1.165, 1.54) is 12.0 Å². The highest BCUT2D eigenvalue weighted by molar-refractivity contribution is 6.18. The Morgan fingerprint density at radius 2 is 2.32 bits per heavy atom. The van der Waals surface area contributed by atoms with Crippen LogP contribution in [0.3, 0.4) is 0 Å². The topological polar surface area (TPSA) is 35.5 Å². The van der Waals surface area contributed by atoms with Crippen molar-refractivity contribution in [3.8, 4) is 0 Å². The minimum absolute atomic E-state index is 0.0555. The van der Waals surface area contributed by atoms with Gasteiger partial charge in [0.05, 0.1) is 6.10 Å². The van der Waals surface area contributed by atoms with Gasteiger partial charge in [0.1, 0.15) is 6.29 Å². The highest BCUT2D eigenvalue weighted by Gasteiger charge is 2.18. The van der Waals surface area contributed by atoms with Crippen molar-refractivity contribution in [3.05, 3.63) is 11.6 Å². The van der Waals surface area contributed by atoms with Crippen LogP contribution in [0.1, 0.15) is 51.9 Å². The molecule has 0 spiro atoms. The fourth-order valence-corrected chi connectivity index (χ4v) is 2.35. The van der Waals surface area contributed by atoms with E-state index in [1.54, 1.807) is 0 Å². The monoisotopic (exact) mass is 288 g/mol. The maximum Gasteiger partial charge on any atom is 0.158 e. The molecule has 1 rings (SSSR count). The third kappa shape index (κ3) is 7.71. The van der Waals surface area contributed by atoms with Gasteiger partial charge in [0.2, 0.25) is 0 Å². The van der Waals surface area contributed by atoms with Gasteiger partial charge < -0.3 is 14.3 Å². The van der Waals surface area contributed by atoms with Crippen molar-refractivity contribution >= 4 is 17.9 Å². The SMILES string of the molecule is C/C(=C\CCC(CCl)OC1CCCCO1)CCC=O. The molecular weight excluding hydrogens is 264 g/mol. The molecule has 0 amide bonds. The number of hydrogen-bond donors (Lipinski definition) is 0. The number of hydrogen-bond acceptors (Lipinski definition) is 3. The molecule has 1 aliphatic rings. The van der Waals surface area contributed by atoms with Crippen molar-refractivity contribution in [1.29, 1.82) is 0 Å². The van der Waals surface area contributed by atoms with Gasteiger partial charge in [-0.15, -0.1) is 11.6 Å². The Balaban J connectivity index is 2.21. The van der Waals surface area contributed by atoms with Crippen LogP contribution in [-0.4, -0.2) is 31.2 Å². The summed E-state index contributed by atoms with van der Waals surface area (Å²) in [5, 5.41) is 0. The molecule has 0 saturated carbocycles. The van der Waals surface area contributed by atoms with E-state index < -0.39 is 0 Å². The number of carbonyl (C=O) groups is 1. The molecule has 110 valence electrons. The Morgan fingerprint density at radius 1 is 1.47 bits per heavy atom. The molecule has 4 heteroatoms. The zero-order valence-electron chi connectivity index (χ0n) is 11.8. The lowest BCUT2D eigenvalue weighted by Crippen LogP contribution is -2.28. The number of aldehydes is 1.